The zero-order valence-corrected chi connectivity index (χ0v) is 10.0. The molecule has 2 rings (SSSR count). The number of Topliss-reactive ketones (excluding diaryl/α,β-unsaturated/α-hetero) is 1. The molecule has 0 bridgehead atoms. The summed E-state index contributed by atoms with van der Waals surface area (Å²) in [5.41, 5.74) is 0.476. The summed E-state index contributed by atoms with van der Waals surface area (Å²) < 4.78 is 19.5. The maximum atomic E-state index is 14.4. The summed E-state index contributed by atoms with van der Waals surface area (Å²) in [6.45, 7) is 2.54. The van der Waals surface area contributed by atoms with E-state index in [1.807, 2.05) is 12.1 Å². The van der Waals surface area contributed by atoms with Crippen LogP contribution in [0.25, 0.3) is 0 Å². The van der Waals surface area contributed by atoms with E-state index in [1.165, 1.54) is 6.92 Å². The second kappa shape index (κ2) is 4.96. The molecule has 1 aliphatic rings. The van der Waals surface area contributed by atoms with Gasteiger partial charge in [-0.15, -0.1) is 0 Å². The van der Waals surface area contributed by atoms with Crippen molar-refractivity contribution in [1.29, 1.82) is 0 Å². The third-order valence-corrected chi connectivity index (χ3v) is 3.27. The lowest BCUT2D eigenvalue weighted by atomic mass is 9.89. The molecule has 1 aromatic carbocycles. The summed E-state index contributed by atoms with van der Waals surface area (Å²) in [5, 5.41) is 0. The molecule has 0 N–H and O–H groups in total. The first-order valence-electron chi connectivity index (χ1n) is 5.96. The van der Waals surface area contributed by atoms with E-state index >= 15 is 0 Å². The molecule has 3 heteroatoms. The average molecular weight is 236 g/mol. The molecule has 92 valence electrons. The largest absolute Gasteiger partial charge is 0.381 e. The Morgan fingerprint density at radius 1 is 1.29 bits per heavy atom. The fourth-order valence-corrected chi connectivity index (χ4v) is 2.14. The third kappa shape index (κ3) is 3.13. The topological polar surface area (TPSA) is 26.3 Å². The van der Waals surface area contributed by atoms with E-state index in [9.17, 15) is 9.18 Å². The van der Waals surface area contributed by atoms with Crippen molar-refractivity contribution in [3.05, 3.63) is 35.4 Å². The zero-order chi connectivity index (χ0) is 12.3. The Morgan fingerprint density at radius 2 is 1.88 bits per heavy atom. The van der Waals surface area contributed by atoms with E-state index in [0.29, 0.717) is 38.0 Å². The molecule has 1 heterocycles. The maximum absolute atomic E-state index is 14.4. The number of benzene rings is 1. The first-order chi connectivity index (χ1) is 8.09. The molecule has 0 spiro atoms. The Labute approximate surface area is 101 Å². The highest BCUT2D eigenvalue weighted by Gasteiger charge is 2.32. The molecule has 0 unspecified atom stereocenters. The molecule has 0 saturated carbocycles. The molecular formula is C14H17FO2. The van der Waals surface area contributed by atoms with Gasteiger partial charge in [0.1, 0.15) is 5.67 Å². The van der Waals surface area contributed by atoms with Crippen molar-refractivity contribution in [2.75, 3.05) is 13.2 Å². The molecule has 17 heavy (non-hydrogen) atoms. The minimum Gasteiger partial charge on any atom is -0.381 e. The molecule has 0 atom stereocenters. The number of halogens is 1. The SMILES string of the molecule is CC(=O)c1ccc(CC2(F)CCOCC2)cc1. The van der Waals surface area contributed by atoms with Gasteiger partial charge in [0.2, 0.25) is 0 Å². The summed E-state index contributed by atoms with van der Waals surface area (Å²) in [6, 6.07) is 7.21. The van der Waals surface area contributed by atoms with Gasteiger partial charge in [-0.25, -0.2) is 4.39 Å². The summed E-state index contributed by atoms with van der Waals surface area (Å²) in [7, 11) is 0. The number of ketones is 1. The van der Waals surface area contributed by atoms with Crippen LogP contribution >= 0.6 is 0 Å². The average Bonchev–Trinajstić information content (AvgIpc) is 2.30. The Kier molecular flexibility index (Phi) is 3.57. The number of alkyl halides is 1. The van der Waals surface area contributed by atoms with Crippen LogP contribution in [0.5, 0.6) is 0 Å². The molecule has 1 saturated heterocycles. The van der Waals surface area contributed by atoms with Gasteiger partial charge in [0.25, 0.3) is 0 Å². The van der Waals surface area contributed by atoms with Gasteiger partial charge in [0.15, 0.2) is 5.78 Å². The number of hydrogen-bond acceptors (Lipinski definition) is 2. The van der Waals surface area contributed by atoms with Crippen LogP contribution in [-0.4, -0.2) is 24.7 Å². The summed E-state index contributed by atoms with van der Waals surface area (Å²) >= 11 is 0. The van der Waals surface area contributed by atoms with Crippen molar-refractivity contribution in [1.82, 2.24) is 0 Å². The van der Waals surface area contributed by atoms with Gasteiger partial charge < -0.3 is 4.74 Å². The van der Waals surface area contributed by atoms with E-state index < -0.39 is 5.67 Å². The number of rotatable bonds is 3. The van der Waals surface area contributed by atoms with Crippen LogP contribution in [0.3, 0.4) is 0 Å². The van der Waals surface area contributed by atoms with Gasteiger partial charge in [-0.3, -0.25) is 4.79 Å². The Bertz CT molecular complexity index is 391. The second-order valence-corrected chi connectivity index (χ2v) is 4.69. The maximum Gasteiger partial charge on any atom is 0.159 e. The first-order valence-corrected chi connectivity index (χ1v) is 5.96. The van der Waals surface area contributed by atoms with Crippen LogP contribution in [-0.2, 0) is 11.2 Å². The normalized spacial score (nSPS) is 18.9. The van der Waals surface area contributed by atoms with E-state index in [2.05, 4.69) is 0 Å². The lowest BCUT2D eigenvalue weighted by Crippen LogP contribution is -2.33. The van der Waals surface area contributed by atoms with Gasteiger partial charge >= 0.3 is 0 Å². The summed E-state index contributed by atoms with van der Waals surface area (Å²) in [6.07, 6.45) is 1.33. The van der Waals surface area contributed by atoms with Crippen molar-refractivity contribution < 1.29 is 13.9 Å². The molecule has 1 aliphatic heterocycles. The van der Waals surface area contributed by atoms with Crippen LogP contribution in [0.1, 0.15) is 35.7 Å². The zero-order valence-electron chi connectivity index (χ0n) is 10.0. The first kappa shape index (κ1) is 12.2. The lowest BCUT2D eigenvalue weighted by Gasteiger charge is -2.29. The van der Waals surface area contributed by atoms with Crippen molar-refractivity contribution >= 4 is 5.78 Å². The summed E-state index contributed by atoms with van der Waals surface area (Å²) in [5.74, 6) is 0.0394. The second-order valence-electron chi connectivity index (χ2n) is 4.69. The van der Waals surface area contributed by atoms with Crippen LogP contribution < -0.4 is 0 Å². The summed E-state index contributed by atoms with van der Waals surface area (Å²) in [4.78, 5) is 11.1. The van der Waals surface area contributed by atoms with Crippen LogP contribution in [0.15, 0.2) is 24.3 Å². The molecule has 0 radical (unpaired) electrons. The van der Waals surface area contributed by atoms with Crippen molar-refractivity contribution in [3.8, 4) is 0 Å². The molecule has 0 aliphatic carbocycles. The Hall–Kier alpha value is -1.22. The predicted octanol–water partition coefficient (Wildman–Crippen LogP) is 2.95. The van der Waals surface area contributed by atoms with E-state index in [1.54, 1.807) is 12.1 Å². The van der Waals surface area contributed by atoms with E-state index in [4.69, 9.17) is 4.74 Å². The lowest BCUT2D eigenvalue weighted by molar-refractivity contribution is -0.00815. The molecule has 0 aromatic heterocycles. The highest BCUT2D eigenvalue weighted by Crippen LogP contribution is 2.29. The van der Waals surface area contributed by atoms with E-state index in [0.717, 1.165) is 5.56 Å². The van der Waals surface area contributed by atoms with Crippen LogP contribution in [0.2, 0.25) is 0 Å². The fourth-order valence-electron chi connectivity index (χ4n) is 2.14. The molecule has 0 amide bonds. The van der Waals surface area contributed by atoms with Gasteiger partial charge in [0, 0.05) is 38.0 Å². The molecular weight excluding hydrogens is 219 g/mol. The number of carbonyl (C=O) groups is 1. The smallest absolute Gasteiger partial charge is 0.159 e. The number of hydrogen-bond donors (Lipinski definition) is 0. The van der Waals surface area contributed by atoms with Crippen LogP contribution in [0.4, 0.5) is 4.39 Å². The predicted molar refractivity (Wildman–Crippen MR) is 64.0 cm³/mol. The third-order valence-electron chi connectivity index (χ3n) is 3.27. The monoisotopic (exact) mass is 236 g/mol. The Balaban J connectivity index is 2.05. The standard InChI is InChI=1S/C14H17FO2/c1-11(16)13-4-2-12(3-5-13)10-14(15)6-8-17-9-7-14/h2-5H,6-10H2,1H3. The quantitative estimate of drug-likeness (QED) is 0.754. The van der Waals surface area contributed by atoms with Gasteiger partial charge in [-0.05, 0) is 12.5 Å². The molecule has 2 nitrogen and oxygen atoms in total. The van der Waals surface area contributed by atoms with Crippen LogP contribution in [0, 0.1) is 0 Å². The number of carbonyl (C=O) groups excluding carboxylic acids is 1. The van der Waals surface area contributed by atoms with Gasteiger partial charge in [-0.1, -0.05) is 24.3 Å². The van der Waals surface area contributed by atoms with Crippen molar-refractivity contribution in [3.63, 3.8) is 0 Å². The highest BCUT2D eigenvalue weighted by atomic mass is 19.1. The fraction of sp³-hybridized carbons (Fsp3) is 0.500. The van der Waals surface area contributed by atoms with Gasteiger partial charge in [0.05, 0.1) is 0 Å². The molecule has 1 aromatic rings. The minimum absolute atomic E-state index is 0.0394. The Morgan fingerprint density at radius 3 is 2.41 bits per heavy atom. The van der Waals surface area contributed by atoms with Crippen molar-refractivity contribution in [2.24, 2.45) is 0 Å². The minimum atomic E-state index is -1.14. The van der Waals surface area contributed by atoms with E-state index in [-0.39, 0.29) is 5.78 Å². The molecule has 1 fully saturated rings. The highest BCUT2D eigenvalue weighted by molar-refractivity contribution is 5.93. The number of ether oxygens (including phenoxy) is 1. The van der Waals surface area contributed by atoms with Crippen molar-refractivity contribution in [2.45, 2.75) is 31.9 Å². The van der Waals surface area contributed by atoms with Gasteiger partial charge in [-0.2, -0.15) is 0 Å².